The average molecular weight is 573 g/mol. The van der Waals surface area contributed by atoms with Crippen LogP contribution in [0.4, 0.5) is 0 Å². The van der Waals surface area contributed by atoms with Gasteiger partial charge < -0.3 is 10.0 Å². The van der Waals surface area contributed by atoms with E-state index in [0.29, 0.717) is 22.4 Å². The van der Waals surface area contributed by atoms with Crippen LogP contribution in [0.3, 0.4) is 0 Å². The van der Waals surface area contributed by atoms with Gasteiger partial charge in [-0.1, -0.05) is 29.9 Å². The SMILES string of the molecule is Cc1nc2c(c(=O)n1CC#Cc1ccc(Cl)cc1-c1ccnc3c(C(=O)O)csc13)C[C@@H](N1CCCCC1)CC2. The minimum atomic E-state index is -1.01. The highest BCUT2D eigenvalue weighted by atomic mass is 35.5. The average Bonchev–Trinajstić information content (AvgIpc) is 3.41. The van der Waals surface area contributed by atoms with Crippen LogP contribution in [0.15, 0.2) is 40.6 Å². The van der Waals surface area contributed by atoms with Crippen LogP contribution in [0.5, 0.6) is 0 Å². The van der Waals surface area contributed by atoms with Crippen molar-refractivity contribution in [2.24, 2.45) is 0 Å². The minimum absolute atomic E-state index is 0.0190. The number of aryl methyl sites for hydroxylation is 2. The molecule has 0 amide bonds. The number of hydrogen-bond donors (Lipinski definition) is 1. The van der Waals surface area contributed by atoms with Crippen LogP contribution in [-0.4, -0.2) is 49.6 Å². The molecule has 0 bridgehead atoms. The monoisotopic (exact) mass is 572 g/mol. The van der Waals surface area contributed by atoms with Crippen molar-refractivity contribution in [2.45, 2.75) is 58.0 Å². The lowest BCUT2D eigenvalue weighted by atomic mass is 9.90. The summed E-state index contributed by atoms with van der Waals surface area (Å²) in [6, 6.07) is 7.73. The van der Waals surface area contributed by atoms with Gasteiger partial charge in [0.2, 0.25) is 0 Å². The first kappa shape index (κ1) is 26.7. The molecule has 4 aromatic rings. The number of thiophene rings is 1. The molecule has 1 saturated heterocycles. The lowest BCUT2D eigenvalue weighted by molar-refractivity contribution is 0.0699. The minimum Gasteiger partial charge on any atom is -0.478 e. The number of piperidine rings is 1. The van der Waals surface area contributed by atoms with Crippen molar-refractivity contribution in [3.8, 4) is 23.0 Å². The summed E-state index contributed by atoms with van der Waals surface area (Å²) >= 11 is 7.70. The highest BCUT2D eigenvalue weighted by molar-refractivity contribution is 7.18. The van der Waals surface area contributed by atoms with E-state index in [1.807, 2.05) is 25.1 Å². The second-order valence-electron chi connectivity index (χ2n) is 10.5. The van der Waals surface area contributed by atoms with Crippen molar-refractivity contribution in [3.05, 3.63) is 79.4 Å². The molecule has 9 heteroatoms. The van der Waals surface area contributed by atoms with Gasteiger partial charge in [0.05, 0.1) is 28.0 Å². The van der Waals surface area contributed by atoms with E-state index in [1.165, 1.54) is 30.6 Å². The third kappa shape index (κ3) is 5.05. The van der Waals surface area contributed by atoms with Gasteiger partial charge >= 0.3 is 5.97 Å². The number of nitrogens with zero attached hydrogens (tertiary/aromatic N) is 4. The number of carboxylic acids is 1. The smallest absolute Gasteiger partial charge is 0.338 e. The number of hydrogen-bond acceptors (Lipinski definition) is 6. The molecule has 0 radical (unpaired) electrons. The molecule has 0 saturated carbocycles. The molecule has 40 heavy (non-hydrogen) atoms. The Hall–Kier alpha value is -3.51. The summed E-state index contributed by atoms with van der Waals surface area (Å²) in [6.07, 6.45) is 8.04. The van der Waals surface area contributed by atoms with E-state index in [2.05, 4.69) is 21.7 Å². The van der Waals surface area contributed by atoms with Crippen molar-refractivity contribution in [3.63, 3.8) is 0 Å². The maximum absolute atomic E-state index is 13.6. The largest absolute Gasteiger partial charge is 0.478 e. The molecule has 0 unspecified atom stereocenters. The van der Waals surface area contributed by atoms with Crippen LogP contribution in [0.25, 0.3) is 21.3 Å². The molecule has 1 atom stereocenters. The van der Waals surface area contributed by atoms with Crippen molar-refractivity contribution in [1.82, 2.24) is 19.4 Å². The van der Waals surface area contributed by atoms with Gasteiger partial charge in [-0.2, -0.15) is 0 Å². The fourth-order valence-electron chi connectivity index (χ4n) is 5.95. The predicted octanol–water partition coefficient (Wildman–Crippen LogP) is 5.57. The molecule has 3 aromatic heterocycles. The van der Waals surface area contributed by atoms with Crippen molar-refractivity contribution in [1.29, 1.82) is 0 Å². The standard InChI is InChI=1S/C31H29ClN4O3S/c1-19-34-27-10-9-22(35-13-3-2-4-14-35)17-25(27)30(37)36(19)15-5-6-20-7-8-21(32)16-24(20)23-11-12-33-28-26(31(38)39)18-40-29(23)28/h7-8,11-12,16,18,22H,2-4,9-10,13-15,17H2,1H3,(H,38,39)/t22-/m0/s1. The molecule has 1 aliphatic carbocycles. The number of likely N-dealkylation sites (tertiary alicyclic amines) is 1. The second kappa shape index (κ2) is 11.2. The number of benzene rings is 1. The van der Waals surface area contributed by atoms with Crippen LogP contribution >= 0.6 is 22.9 Å². The Labute approximate surface area is 241 Å². The number of carbonyl (C=O) groups is 1. The third-order valence-electron chi connectivity index (χ3n) is 8.02. The number of pyridine rings is 1. The summed E-state index contributed by atoms with van der Waals surface area (Å²) in [7, 11) is 0. The topological polar surface area (TPSA) is 88.3 Å². The Morgan fingerprint density at radius 2 is 2.02 bits per heavy atom. The van der Waals surface area contributed by atoms with Gasteiger partial charge in [-0.05, 0) is 76.4 Å². The molecule has 6 rings (SSSR count). The van der Waals surface area contributed by atoms with Crippen LogP contribution in [-0.2, 0) is 19.4 Å². The molecule has 2 aliphatic rings. The van der Waals surface area contributed by atoms with Gasteiger partial charge in [-0.15, -0.1) is 11.3 Å². The molecular formula is C31H29ClN4O3S. The number of carboxylic acid groups (broad SMARTS) is 1. The molecule has 1 N–H and O–H groups in total. The highest BCUT2D eigenvalue weighted by Crippen LogP contribution is 2.36. The second-order valence-corrected chi connectivity index (χ2v) is 11.8. The van der Waals surface area contributed by atoms with Crippen molar-refractivity contribution >= 4 is 39.1 Å². The number of halogens is 1. The van der Waals surface area contributed by atoms with E-state index in [-0.39, 0.29) is 17.7 Å². The van der Waals surface area contributed by atoms with E-state index in [1.54, 1.807) is 22.2 Å². The van der Waals surface area contributed by atoms with E-state index < -0.39 is 5.97 Å². The summed E-state index contributed by atoms with van der Waals surface area (Å²) in [4.78, 5) is 36.9. The Morgan fingerprint density at radius 3 is 2.83 bits per heavy atom. The Morgan fingerprint density at radius 1 is 1.20 bits per heavy atom. The maximum Gasteiger partial charge on any atom is 0.338 e. The predicted molar refractivity (Wildman–Crippen MR) is 158 cm³/mol. The van der Waals surface area contributed by atoms with E-state index in [9.17, 15) is 14.7 Å². The van der Waals surface area contributed by atoms with Gasteiger partial charge in [0, 0.05) is 44.9 Å². The number of aromatic carboxylic acids is 1. The summed E-state index contributed by atoms with van der Waals surface area (Å²) in [5, 5.41) is 11.7. The zero-order chi connectivity index (χ0) is 27.8. The fraction of sp³-hybridized carbons (Fsp3) is 0.355. The number of fused-ring (bicyclic) bond motifs is 2. The third-order valence-corrected chi connectivity index (χ3v) is 9.25. The van der Waals surface area contributed by atoms with Crippen LogP contribution < -0.4 is 5.56 Å². The summed E-state index contributed by atoms with van der Waals surface area (Å²) in [6.45, 7) is 4.35. The van der Waals surface area contributed by atoms with E-state index in [0.717, 1.165) is 65.0 Å². The molecular weight excluding hydrogens is 544 g/mol. The number of aromatic nitrogens is 3. The maximum atomic E-state index is 13.6. The molecule has 0 spiro atoms. The molecule has 1 aromatic carbocycles. The van der Waals surface area contributed by atoms with Crippen LogP contribution in [0.2, 0.25) is 5.02 Å². The normalized spacial score (nSPS) is 17.3. The van der Waals surface area contributed by atoms with Crippen molar-refractivity contribution in [2.75, 3.05) is 13.1 Å². The van der Waals surface area contributed by atoms with Crippen LogP contribution in [0.1, 0.15) is 58.7 Å². The van der Waals surface area contributed by atoms with Crippen LogP contribution in [0, 0.1) is 18.8 Å². The Balaban J connectivity index is 1.32. The molecule has 204 valence electrons. The van der Waals surface area contributed by atoms with Gasteiger partial charge in [-0.25, -0.2) is 9.78 Å². The van der Waals surface area contributed by atoms with E-state index >= 15 is 0 Å². The Kier molecular flexibility index (Phi) is 7.45. The quantitative estimate of drug-likeness (QED) is 0.321. The van der Waals surface area contributed by atoms with Gasteiger partial charge in [0.1, 0.15) is 5.82 Å². The molecule has 4 heterocycles. The lowest BCUT2D eigenvalue weighted by Gasteiger charge is -2.37. The molecule has 1 aliphatic heterocycles. The molecule has 1 fully saturated rings. The van der Waals surface area contributed by atoms with Gasteiger partial charge in [0.15, 0.2) is 0 Å². The highest BCUT2D eigenvalue weighted by Gasteiger charge is 2.28. The molecule has 7 nitrogen and oxygen atoms in total. The Bertz CT molecular complexity index is 1740. The summed E-state index contributed by atoms with van der Waals surface area (Å²) < 4.78 is 2.45. The van der Waals surface area contributed by atoms with Gasteiger partial charge in [0.25, 0.3) is 5.56 Å². The summed E-state index contributed by atoms with van der Waals surface area (Å²) in [5.74, 6) is 6.11. The van der Waals surface area contributed by atoms with E-state index in [4.69, 9.17) is 16.6 Å². The number of rotatable bonds is 4. The zero-order valence-corrected chi connectivity index (χ0v) is 23.8. The fourth-order valence-corrected chi connectivity index (χ4v) is 7.15. The summed E-state index contributed by atoms with van der Waals surface area (Å²) in [5.41, 5.74) is 4.78. The zero-order valence-electron chi connectivity index (χ0n) is 22.2. The van der Waals surface area contributed by atoms with Crippen molar-refractivity contribution < 1.29 is 9.90 Å². The first-order valence-electron chi connectivity index (χ1n) is 13.6. The first-order valence-corrected chi connectivity index (χ1v) is 14.9. The first-order chi connectivity index (χ1) is 19.4. The lowest BCUT2D eigenvalue weighted by Crippen LogP contribution is -2.44. The van der Waals surface area contributed by atoms with Gasteiger partial charge in [-0.3, -0.25) is 14.3 Å².